The molecule has 0 aliphatic carbocycles. The third-order valence-corrected chi connectivity index (χ3v) is 2.37. The molecular weight excluding hydrogens is 278 g/mol. The monoisotopic (exact) mass is 289 g/mol. The number of benzene rings is 1. The average molecular weight is 289 g/mol. The number of hydrogen-bond donors (Lipinski definition) is 1. The molecule has 0 aliphatic rings. The lowest BCUT2D eigenvalue weighted by molar-refractivity contribution is -0.137. The second-order valence-electron chi connectivity index (χ2n) is 4.41. The average Bonchev–Trinajstić information content (AvgIpc) is 2.75. The molecule has 2 rings (SSSR count). The van der Waals surface area contributed by atoms with E-state index in [0.29, 0.717) is 6.07 Å². The van der Waals surface area contributed by atoms with Crippen molar-refractivity contribution in [3.05, 3.63) is 29.6 Å². The van der Waals surface area contributed by atoms with Gasteiger partial charge in [0.05, 0.1) is 5.56 Å². The van der Waals surface area contributed by atoms with Crippen LogP contribution in [0.3, 0.4) is 0 Å². The highest BCUT2D eigenvalue weighted by Crippen LogP contribution is 2.36. The van der Waals surface area contributed by atoms with Crippen LogP contribution in [0.5, 0.6) is 0 Å². The van der Waals surface area contributed by atoms with E-state index >= 15 is 0 Å². The van der Waals surface area contributed by atoms with Gasteiger partial charge in [0.1, 0.15) is 5.82 Å². The fraction of sp³-hybridized carbons (Fsp3) is 0.333. The van der Waals surface area contributed by atoms with Crippen LogP contribution < -0.4 is 5.32 Å². The molecule has 0 amide bonds. The standard InChI is InChI=1S/C12H11F4N3O/c1-6(2)17-11-18-10(19-20-11)8-4-3-7(13)5-9(8)12(14,15)16/h3-6H,1-2H3,(H,17,18,19). The minimum Gasteiger partial charge on any atom is -0.336 e. The van der Waals surface area contributed by atoms with Crippen LogP contribution in [-0.2, 0) is 6.18 Å². The van der Waals surface area contributed by atoms with Crippen molar-refractivity contribution in [2.45, 2.75) is 26.1 Å². The normalized spacial score (nSPS) is 11.9. The van der Waals surface area contributed by atoms with Crippen LogP contribution in [0, 0.1) is 5.82 Å². The van der Waals surface area contributed by atoms with Gasteiger partial charge in [-0.05, 0) is 32.0 Å². The van der Waals surface area contributed by atoms with Crippen molar-refractivity contribution in [1.82, 2.24) is 10.1 Å². The van der Waals surface area contributed by atoms with E-state index in [0.717, 1.165) is 12.1 Å². The molecule has 1 aromatic carbocycles. The largest absolute Gasteiger partial charge is 0.417 e. The first kappa shape index (κ1) is 14.3. The lowest BCUT2D eigenvalue weighted by atomic mass is 10.1. The van der Waals surface area contributed by atoms with Crippen molar-refractivity contribution in [3.8, 4) is 11.4 Å². The fourth-order valence-electron chi connectivity index (χ4n) is 1.58. The molecule has 0 saturated heterocycles. The number of anilines is 1. The van der Waals surface area contributed by atoms with E-state index in [9.17, 15) is 17.6 Å². The molecule has 0 unspecified atom stereocenters. The van der Waals surface area contributed by atoms with Gasteiger partial charge < -0.3 is 9.84 Å². The SMILES string of the molecule is CC(C)Nc1nc(-c2ccc(F)cc2C(F)(F)F)no1. The minimum atomic E-state index is -4.70. The summed E-state index contributed by atoms with van der Waals surface area (Å²) in [5.41, 5.74) is -1.48. The molecule has 1 heterocycles. The van der Waals surface area contributed by atoms with Gasteiger partial charge in [0.15, 0.2) is 0 Å². The molecule has 0 radical (unpaired) electrons. The van der Waals surface area contributed by atoms with E-state index in [2.05, 4.69) is 15.5 Å². The lowest BCUT2D eigenvalue weighted by Crippen LogP contribution is -2.10. The van der Waals surface area contributed by atoms with Gasteiger partial charge in [-0.1, -0.05) is 5.16 Å². The molecule has 0 saturated carbocycles. The predicted octanol–water partition coefficient (Wildman–Crippen LogP) is 3.71. The van der Waals surface area contributed by atoms with Crippen LogP contribution in [0.2, 0.25) is 0 Å². The van der Waals surface area contributed by atoms with Crippen LogP contribution in [0.4, 0.5) is 23.6 Å². The molecule has 0 atom stereocenters. The number of aromatic nitrogens is 2. The molecule has 0 bridgehead atoms. The second-order valence-corrected chi connectivity index (χ2v) is 4.41. The molecule has 0 fully saturated rings. The van der Waals surface area contributed by atoms with E-state index < -0.39 is 17.6 Å². The molecular formula is C12H11F4N3O. The van der Waals surface area contributed by atoms with Gasteiger partial charge in [-0.15, -0.1) is 0 Å². The summed E-state index contributed by atoms with van der Waals surface area (Å²) in [5, 5.41) is 6.24. The molecule has 1 N–H and O–H groups in total. The van der Waals surface area contributed by atoms with E-state index in [-0.39, 0.29) is 23.4 Å². The number of hydrogen-bond acceptors (Lipinski definition) is 4. The Morgan fingerprint density at radius 3 is 2.55 bits per heavy atom. The number of alkyl halides is 3. The maximum Gasteiger partial charge on any atom is 0.417 e. The number of rotatable bonds is 3. The minimum absolute atomic E-state index is 0.00690. The van der Waals surface area contributed by atoms with E-state index in [1.54, 1.807) is 0 Å². The highest BCUT2D eigenvalue weighted by Gasteiger charge is 2.35. The Morgan fingerprint density at radius 2 is 1.95 bits per heavy atom. The summed E-state index contributed by atoms with van der Waals surface area (Å²) < 4.78 is 56.4. The molecule has 4 nitrogen and oxygen atoms in total. The summed E-state index contributed by atoms with van der Waals surface area (Å²) in [5.74, 6) is -1.23. The zero-order valence-electron chi connectivity index (χ0n) is 10.6. The van der Waals surface area contributed by atoms with Crippen LogP contribution in [-0.4, -0.2) is 16.2 Å². The van der Waals surface area contributed by atoms with Crippen molar-refractivity contribution in [2.24, 2.45) is 0 Å². The van der Waals surface area contributed by atoms with Crippen LogP contribution in [0.1, 0.15) is 19.4 Å². The van der Waals surface area contributed by atoms with E-state index in [4.69, 9.17) is 4.52 Å². The third-order valence-electron chi connectivity index (χ3n) is 2.37. The number of halogens is 4. The summed E-state index contributed by atoms with van der Waals surface area (Å²) >= 11 is 0. The van der Waals surface area contributed by atoms with Crippen LogP contribution in [0.15, 0.2) is 22.7 Å². The Hall–Kier alpha value is -2.12. The maximum atomic E-state index is 13.0. The van der Waals surface area contributed by atoms with Gasteiger partial charge in [0.25, 0.3) is 0 Å². The second kappa shape index (κ2) is 5.10. The highest BCUT2D eigenvalue weighted by molar-refractivity contribution is 5.61. The molecule has 0 aliphatic heterocycles. The van der Waals surface area contributed by atoms with Gasteiger partial charge in [-0.2, -0.15) is 18.2 Å². The zero-order valence-corrected chi connectivity index (χ0v) is 10.6. The maximum absolute atomic E-state index is 13.0. The summed E-state index contributed by atoms with van der Waals surface area (Å²) in [6, 6.07) is 2.28. The van der Waals surface area contributed by atoms with Gasteiger partial charge in [0.2, 0.25) is 5.82 Å². The lowest BCUT2D eigenvalue weighted by Gasteiger charge is -2.10. The van der Waals surface area contributed by atoms with Crippen molar-refractivity contribution < 1.29 is 22.1 Å². The Bertz CT molecular complexity index is 607. The molecule has 0 spiro atoms. The van der Waals surface area contributed by atoms with Crippen molar-refractivity contribution in [1.29, 1.82) is 0 Å². The molecule has 1 aromatic heterocycles. The molecule has 8 heteroatoms. The number of nitrogens with zero attached hydrogens (tertiary/aromatic N) is 2. The first-order chi connectivity index (χ1) is 9.27. The predicted molar refractivity (Wildman–Crippen MR) is 63.5 cm³/mol. The molecule has 108 valence electrons. The van der Waals surface area contributed by atoms with Crippen molar-refractivity contribution in [2.75, 3.05) is 5.32 Å². The van der Waals surface area contributed by atoms with E-state index in [1.165, 1.54) is 0 Å². The van der Waals surface area contributed by atoms with Gasteiger partial charge in [-0.25, -0.2) is 4.39 Å². The van der Waals surface area contributed by atoms with Gasteiger partial charge in [-0.3, -0.25) is 0 Å². The quantitative estimate of drug-likeness (QED) is 0.875. The Morgan fingerprint density at radius 1 is 1.25 bits per heavy atom. The van der Waals surface area contributed by atoms with Crippen molar-refractivity contribution in [3.63, 3.8) is 0 Å². The van der Waals surface area contributed by atoms with Gasteiger partial charge in [0, 0.05) is 11.6 Å². The summed E-state index contributed by atoms with van der Waals surface area (Å²) in [7, 11) is 0. The third kappa shape index (κ3) is 3.06. The summed E-state index contributed by atoms with van der Waals surface area (Å²) in [4.78, 5) is 3.81. The summed E-state index contributed by atoms with van der Waals surface area (Å²) in [6.45, 7) is 3.62. The Balaban J connectivity index is 2.45. The fourth-order valence-corrected chi connectivity index (χ4v) is 1.58. The topological polar surface area (TPSA) is 51.0 Å². The first-order valence-electron chi connectivity index (χ1n) is 5.74. The van der Waals surface area contributed by atoms with E-state index in [1.807, 2.05) is 13.8 Å². The van der Waals surface area contributed by atoms with Crippen molar-refractivity contribution >= 4 is 6.01 Å². The molecule has 2 aromatic rings. The zero-order chi connectivity index (χ0) is 14.9. The Kier molecular flexibility index (Phi) is 3.65. The smallest absolute Gasteiger partial charge is 0.336 e. The molecule has 20 heavy (non-hydrogen) atoms. The van der Waals surface area contributed by atoms with Crippen LogP contribution >= 0.6 is 0 Å². The Labute approximate surface area is 111 Å². The first-order valence-corrected chi connectivity index (χ1v) is 5.74. The summed E-state index contributed by atoms with van der Waals surface area (Å²) in [6.07, 6.45) is -4.70. The highest BCUT2D eigenvalue weighted by atomic mass is 19.4. The van der Waals surface area contributed by atoms with Crippen LogP contribution in [0.25, 0.3) is 11.4 Å². The van der Waals surface area contributed by atoms with Gasteiger partial charge >= 0.3 is 12.2 Å². The number of nitrogens with one attached hydrogen (secondary N) is 1.